The fraction of sp³-hybridized carbons (Fsp3) is 0.385. The summed E-state index contributed by atoms with van der Waals surface area (Å²) in [5, 5.41) is 14.1. The Kier molecular flexibility index (Phi) is 4.21. The van der Waals surface area contributed by atoms with Gasteiger partial charge in [0.25, 0.3) is 6.43 Å². The van der Waals surface area contributed by atoms with Gasteiger partial charge in [-0.1, -0.05) is 18.2 Å². The number of aromatic nitrogens is 3. The number of aryl methyl sites for hydroxylation is 1. The van der Waals surface area contributed by atoms with Crippen molar-refractivity contribution in [2.75, 3.05) is 0 Å². The second kappa shape index (κ2) is 5.88. The fourth-order valence-electron chi connectivity index (χ4n) is 1.90. The number of alkyl halides is 2. The smallest absolute Gasteiger partial charge is 0.263 e. The van der Waals surface area contributed by atoms with Crippen molar-refractivity contribution < 1.29 is 13.9 Å². The first-order chi connectivity index (χ1) is 9.11. The number of aliphatic hydroxyl groups excluding tert-OH is 1. The van der Waals surface area contributed by atoms with Gasteiger partial charge in [-0.25, -0.2) is 13.8 Å². The van der Waals surface area contributed by atoms with E-state index in [2.05, 4.69) is 10.1 Å². The first-order valence-corrected chi connectivity index (χ1v) is 6.04. The number of benzene rings is 1. The predicted molar refractivity (Wildman–Crippen MR) is 65.8 cm³/mol. The van der Waals surface area contributed by atoms with Gasteiger partial charge in [0.1, 0.15) is 12.2 Å². The van der Waals surface area contributed by atoms with E-state index < -0.39 is 12.5 Å². The fourth-order valence-corrected chi connectivity index (χ4v) is 1.90. The molecule has 19 heavy (non-hydrogen) atoms. The number of nitrogens with zero attached hydrogens (tertiary/aromatic N) is 3. The molecule has 1 unspecified atom stereocenters. The molecular weight excluding hydrogens is 252 g/mol. The van der Waals surface area contributed by atoms with Crippen molar-refractivity contribution in [3.63, 3.8) is 0 Å². The Morgan fingerprint density at radius 3 is 2.74 bits per heavy atom. The summed E-state index contributed by atoms with van der Waals surface area (Å²) in [6, 6.07) is 5.81. The van der Waals surface area contributed by atoms with Gasteiger partial charge in [0.05, 0.1) is 6.10 Å². The largest absolute Gasteiger partial charge is 0.388 e. The predicted octanol–water partition coefficient (Wildman–Crippen LogP) is 2.51. The van der Waals surface area contributed by atoms with E-state index in [-0.39, 0.29) is 12.0 Å². The lowest BCUT2D eigenvalue weighted by atomic mass is 10.0. The molecule has 2 aromatic rings. The maximum atomic E-state index is 12.6. The Morgan fingerprint density at radius 1 is 1.32 bits per heavy atom. The van der Waals surface area contributed by atoms with E-state index in [0.29, 0.717) is 17.9 Å². The molecule has 102 valence electrons. The lowest BCUT2D eigenvalue weighted by Crippen LogP contribution is -2.09. The minimum absolute atomic E-state index is 0.0893. The summed E-state index contributed by atoms with van der Waals surface area (Å²) in [7, 11) is 0. The Morgan fingerprint density at radius 2 is 2.05 bits per heavy atom. The summed E-state index contributed by atoms with van der Waals surface area (Å²) in [6.45, 7) is 2.57. The van der Waals surface area contributed by atoms with Crippen molar-refractivity contribution >= 4 is 0 Å². The molecule has 1 aromatic heterocycles. The molecule has 6 heteroatoms. The summed E-state index contributed by atoms with van der Waals surface area (Å²) in [4.78, 5) is 4.05. The quantitative estimate of drug-likeness (QED) is 0.905. The average Bonchev–Trinajstić information content (AvgIpc) is 2.86. The Labute approximate surface area is 109 Å². The zero-order valence-electron chi connectivity index (χ0n) is 10.5. The van der Waals surface area contributed by atoms with Crippen LogP contribution in [-0.2, 0) is 13.0 Å². The Bertz CT molecular complexity index is 542. The molecule has 1 heterocycles. The molecule has 1 atom stereocenters. The topological polar surface area (TPSA) is 50.9 Å². The molecule has 0 radical (unpaired) electrons. The molecule has 0 saturated heterocycles. The van der Waals surface area contributed by atoms with Gasteiger partial charge in [-0.05, 0) is 18.6 Å². The highest BCUT2D eigenvalue weighted by atomic mass is 19.3. The third-order valence-corrected chi connectivity index (χ3v) is 2.92. The number of halogens is 2. The van der Waals surface area contributed by atoms with Crippen LogP contribution in [0.15, 0.2) is 30.6 Å². The van der Waals surface area contributed by atoms with E-state index >= 15 is 0 Å². The van der Waals surface area contributed by atoms with Gasteiger partial charge in [0.2, 0.25) is 0 Å². The van der Waals surface area contributed by atoms with E-state index in [0.717, 1.165) is 0 Å². The number of hydrogen-bond acceptors (Lipinski definition) is 3. The second-order valence-electron chi connectivity index (χ2n) is 4.18. The van der Waals surface area contributed by atoms with E-state index in [9.17, 15) is 13.9 Å². The number of aliphatic hydroxyl groups is 1. The van der Waals surface area contributed by atoms with Crippen LogP contribution >= 0.6 is 0 Å². The van der Waals surface area contributed by atoms with Crippen LogP contribution < -0.4 is 0 Å². The molecule has 0 aliphatic rings. The van der Waals surface area contributed by atoms with Crippen LogP contribution in [0.5, 0.6) is 0 Å². The van der Waals surface area contributed by atoms with Crippen LogP contribution in [0.2, 0.25) is 0 Å². The van der Waals surface area contributed by atoms with Crippen LogP contribution in [0, 0.1) is 0 Å². The van der Waals surface area contributed by atoms with Gasteiger partial charge in [-0.2, -0.15) is 5.10 Å². The number of hydrogen-bond donors (Lipinski definition) is 1. The van der Waals surface area contributed by atoms with E-state index in [4.69, 9.17) is 0 Å². The Balaban J connectivity index is 2.15. The van der Waals surface area contributed by atoms with Crippen LogP contribution in [-0.4, -0.2) is 19.9 Å². The maximum absolute atomic E-state index is 12.6. The van der Waals surface area contributed by atoms with Gasteiger partial charge in [0, 0.05) is 18.5 Å². The van der Waals surface area contributed by atoms with Crippen molar-refractivity contribution in [2.24, 2.45) is 0 Å². The van der Waals surface area contributed by atoms with Crippen molar-refractivity contribution in [1.82, 2.24) is 14.8 Å². The van der Waals surface area contributed by atoms with E-state index in [1.165, 1.54) is 24.5 Å². The van der Waals surface area contributed by atoms with Gasteiger partial charge in [0.15, 0.2) is 0 Å². The third kappa shape index (κ3) is 3.14. The maximum Gasteiger partial charge on any atom is 0.263 e. The first-order valence-electron chi connectivity index (χ1n) is 6.04. The standard InChI is InChI=1S/C13H15F2N3O/c1-2-18-12(16-8-17-18)7-11(19)9-4-3-5-10(6-9)13(14)15/h3-6,8,11,13,19H,2,7H2,1H3. The molecule has 0 spiro atoms. The molecule has 2 rings (SSSR count). The van der Waals surface area contributed by atoms with Gasteiger partial charge < -0.3 is 5.11 Å². The van der Waals surface area contributed by atoms with Crippen molar-refractivity contribution in [3.8, 4) is 0 Å². The lowest BCUT2D eigenvalue weighted by molar-refractivity contribution is 0.149. The average molecular weight is 267 g/mol. The minimum atomic E-state index is -2.54. The molecule has 0 saturated carbocycles. The summed E-state index contributed by atoms with van der Waals surface area (Å²) >= 11 is 0. The Hall–Kier alpha value is -1.82. The van der Waals surface area contributed by atoms with Crippen molar-refractivity contribution in [2.45, 2.75) is 32.4 Å². The zero-order chi connectivity index (χ0) is 13.8. The normalized spacial score (nSPS) is 12.9. The number of rotatable bonds is 5. The minimum Gasteiger partial charge on any atom is -0.388 e. The van der Waals surface area contributed by atoms with Crippen molar-refractivity contribution in [3.05, 3.63) is 47.5 Å². The summed E-state index contributed by atoms with van der Waals surface area (Å²) < 4.78 is 26.9. The van der Waals surface area contributed by atoms with Gasteiger partial charge in [-0.15, -0.1) is 0 Å². The summed E-state index contributed by atoms with van der Waals surface area (Å²) in [5.74, 6) is 0.637. The molecule has 1 aromatic carbocycles. The zero-order valence-corrected chi connectivity index (χ0v) is 10.5. The molecule has 0 aliphatic carbocycles. The monoisotopic (exact) mass is 267 g/mol. The van der Waals surface area contributed by atoms with Crippen LogP contribution in [0.1, 0.15) is 36.4 Å². The molecule has 0 fully saturated rings. The van der Waals surface area contributed by atoms with Crippen molar-refractivity contribution in [1.29, 1.82) is 0 Å². The molecule has 0 bridgehead atoms. The SMILES string of the molecule is CCn1ncnc1CC(O)c1cccc(C(F)F)c1. The molecular formula is C13H15F2N3O. The van der Waals surface area contributed by atoms with Gasteiger partial charge >= 0.3 is 0 Å². The first kappa shape index (κ1) is 13.6. The molecule has 0 amide bonds. The van der Waals surface area contributed by atoms with E-state index in [1.54, 1.807) is 10.7 Å². The van der Waals surface area contributed by atoms with Crippen LogP contribution in [0.3, 0.4) is 0 Å². The van der Waals surface area contributed by atoms with Crippen LogP contribution in [0.4, 0.5) is 8.78 Å². The summed E-state index contributed by atoms with van der Waals surface area (Å²) in [5.41, 5.74) is 0.372. The lowest BCUT2D eigenvalue weighted by Gasteiger charge is -2.12. The van der Waals surface area contributed by atoms with Gasteiger partial charge in [-0.3, -0.25) is 4.68 Å². The highest BCUT2D eigenvalue weighted by molar-refractivity contribution is 5.26. The molecule has 0 aliphatic heterocycles. The molecule has 4 nitrogen and oxygen atoms in total. The van der Waals surface area contributed by atoms with E-state index in [1.807, 2.05) is 6.92 Å². The molecule has 1 N–H and O–H groups in total. The second-order valence-corrected chi connectivity index (χ2v) is 4.18. The van der Waals surface area contributed by atoms with Crippen LogP contribution in [0.25, 0.3) is 0 Å². The summed E-state index contributed by atoms with van der Waals surface area (Å²) in [6.07, 6.45) is -1.73. The highest BCUT2D eigenvalue weighted by Crippen LogP contribution is 2.24. The third-order valence-electron chi connectivity index (χ3n) is 2.92. The highest BCUT2D eigenvalue weighted by Gasteiger charge is 2.15.